The molecule has 1 saturated carbocycles. The molecule has 0 amide bonds. The van der Waals surface area contributed by atoms with Crippen LogP contribution in [0.2, 0.25) is 0 Å². The van der Waals surface area contributed by atoms with E-state index in [9.17, 15) is 0 Å². The number of terminal acetylenes is 1. The first-order valence-corrected chi connectivity index (χ1v) is 5.28. The average Bonchev–Trinajstić information content (AvgIpc) is 2.18. The molecule has 0 N–H and O–H groups in total. The number of hydrogen-bond acceptors (Lipinski definition) is 1. The molecule has 0 saturated heterocycles. The van der Waals surface area contributed by atoms with Gasteiger partial charge in [-0.2, -0.15) is 0 Å². The Morgan fingerprint density at radius 2 is 1.77 bits per heavy atom. The molecule has 0 unspecified atom stereocenters. The van der Waals surface area contributed by atoms with E-state index in [1.165, 1.54) is 32.1 Å². The zero-order valence-corrected chi connectivity index (χ0v) is 9.14. The molecule has 0 aromatic rings. The fourth-order valence-corrected chi connectivity index (χ4v) is 2.03. The molecule has 1 fully saturated rings. The summed E-state index contributed by atoms with van der Waals surface area (Å²) >= 11 is 0. The topological polar surface area (TPSA) is 3.24 Å². The van der Waals surface area contributed by atoms with Gasteiger partial charge in [0.2, 0.25) is 0 Å². The maximum atomic E-state index is 5.52. The smallest absolute Gasteiger partial charge is 0.0766 e. The van der Waals surface area contributed by atoms with E-state index in [2.05, 4.69) is 31.7 Å². The van der Waals surface area contributed by atoms with Gasteiger partial charge in [-0.3, -0.25) is 4.90 Å². The Bertz CT molecular complexity index is 194. The van der Waals surface area contributed by atoms with E-state index in [-0.39, 0.29) is 5.54 Å². The van der Waals surface area contributed by atoms with Crippen LogP contribution in [0.3, 0.4) is 0 Å². The van der Waals surface area contributed by atoms with E-state index >= 15 is 0 Å². The molecular formula is C12H21N. The molecule has 0 atom stereocenters. The molecule has 1 nitrogen and oxygen atoms in total. The second-order valence-corrected chi connectivity index (χ2v) is 4.61. The van der Waals surface area contributed by atoms with Crippen LogP contribution in [0.1, 0.15) is 46.0 Å². The van der Waals surface area contributed by atoms with Gasteiger partial charge in [-0.15, -0.1) is 6.42 Å². The standard InChI is InChI=1S/C12H21N/c1-5-12(2,3)13(4)11-9-7-6-8-10-11/h1,11H,6-10H2,2-4H3. The third kappa shape index (κ3) is 2.48. The minimum Gasteiger partial charge on any atom is -0.288 e. The molecule has 1 heteroatoms. The van der Waals surface area contributed by atoms with Crippen molar-refractivity contribution in [3.8, 4) is 12.3 Å². The summed E-state index contributed by atoms with van der Waals surface area (Å²) in [4.78, 5) is 2.37. The molecule has 0 spiro atoms. The van der Waals surface area contributed by atoms with Gasteiger partial charge in [0.15, 0.2) is 0 Å². The predicted octanol–water partition coefficient (Wildman–Crippen LogP) is 2.66. The van der Waals surface area contributed by atoms with Crippen molar-refractivity contribution in [3.05, 3.63) is 0 Å². The van der Waals surface area contributed by atoms with E-state index in [0.29, 0.717) is 6.04 Å². The summed E-state index contributed by atoms with van der Waals surface area (Å²) in [6.07, 6.45) is 12.3. The Labute approximate surface area is 82.5 Å². The van der Waals surface area contributed by atoms with Crippen molar-refractivity contribution in [2.24, 2.45) is 0 Å². The maximum Gasteiger partial charge on any atom is 0.0766 e. The maximum absolute atomic E-state index is 5.52. The van der Waals surface area contributed by atoms with Crippen molar-refractivity contribution >= 4 is 0 Å². The molecule has 0 aromatic carbocycles. The van der Waals surface area contributed by atoms with Gasteiger partial charge in [-0.25, -0.2) is 0 Å². The van der Waals surface area contributed by atoms with Gasteiger partial charge >= 0.3 is 0 Å². The SMILES string of the molecule is C#CC(C)(C)N(C)C1CCCCC1. The summed E-state index contributed by atoms with van der Waals surface area (Å²) in [7, 11) is 2.16. The van der Waals surface area contributed by atoms with Crippen LogP contribution in [0, 0.1) is 12.3 Å². The Balaban J connectivity index is 2.55. The minimum absolute atomic E-state index is 0.0813. The summed E-state index contributed by atoms with van der Waals surface area (Å²) in [6, 6.07) is 0.708. The Morgan fingerprint density at radius 1 is 1.23 bits per heavy atom. The van der Waals surface area contributed by atoms with Gasteiger partial charge in [-0.05, 0) is 33.7 Å². The summed E-state index contributed by atoms with van der Waals surface area (Å²) in [5.74, 6) is 2.86. The zero-order valence-electron chi connectivity index (χ0n) is 9.14. The van der Waals surface area contributed by atoms with Crippen LogP contribution in [0.15, 0.2) is 0 Å². The van der Waals surface area contributed by atoms with Crippen molar-refractivity contribution in [1.82, 2.24) is 4.90 Å². The molecule has 0 aliphatic heterocycles. The lowest BCUT2D eigenvalue weighted by atomic mass is 9.91. The lowest BCUT2D eigenvalue weighted by Gasteiger charge is -2.39. The Morgan fingerprint density at radius 3 is 2.23 bits per heavy atom. The van der Waals surface area contributed by atoms with Gasteiger partial charge in [0.1, 0.15) is 0 Å². The summed E-state index contributed by atoms with van der Waals surface area (Å²) < 4.78 is 0. The first-order valence-electron chi connectivity index (χ1n) is 5.28. The van der Waals surface area contributed by atoms with E-state index in [0.717, 1.165) is 0 Å². The quantitative estimate of drug-likeness (QED) is 0.589. The highest BCUT2D eigenvalue weighted by Gasteiger charge is 2.28. The molecule has 0 aromatic heterocycles. The third-order valence-corrected chi connectivity index (χ3v) is 3.36. The molecule has 0 bridgehead atoms. The second-order valence-electron chi connectivity index (χ2n) is 4.61. The Hall–Kier alpha value is -0.480. The fourth-order valence-electron chi connectivity index (χ4n) is 2.03. The molecular weight excluding hydrogens is 158 g/mol. The first-order chi connectivity index (χ1) is 6.08. The highest BCUT2D eigenvalue weighted by Crippen LogP contribution is 2.26. The molecule has 13 heavy (non-hydrogen) atoms. The van der Waals surface area contributed by atoms with Gasteiger partial charge in [0, 0.05) is 6.04 Å². The van der Waals surface area contributed by atoms with E-state index in [1.807, 2.05) is 0 Å². The average molecular weight is 179 g/mol. The van der Waals surface area contributed by atoms with E-state index in [4.69, 9.17) is 6.42 Å². The van der Waals surface area contributed by atoms with Crippen LogP contribution in [0.25, 0.3) is 0 Å². The van der Waals surface area contributed by atoms with Gasteiger partial charge < -0.3 is 0 Å². The van der Waals surface area contributed by atoms with Crippen LogP contribution in [-0.4, -0.2) is 23.5 Å². The van der Waals surface area contributed by atoms with E-state index in [1.54, 1.807) is 0 Å². The molecule has 74 valence electrons. The van der Waals surface area contributed by atoms with Crippen LogP contribution in [0.4, 0.5) is 0 Å². The minimum atomic E-state index is -0.0813. The van der Waals surface area contributed by atoms with Gasteiger partial charge in [0.05, 0.1) is 5.54 Å². The Kier molecular flexibility index (Phi) is 3.39. The summed E-state index contributed by atoms with van der Waals surface area (Å²) in [6.45, 7) is 4.25. The van der Waals surface area contributed by atoms with Crippen molar-refractivity contribution in [2.45, 2.75) is 57.5 Å². The monoisotopic (exact) mass is 179 g/mol. The van der Waals surface area contributed by atoms with Crippen LogP contribution in [-0.2, 0) is 0 Å². The second kappa shape index (κ2) is 4.15. The third-order valence-electron chi connectivity index (χ3n) is 3.36. The number of rotatable bonds is 2. The fraction of sp³-hybridized carbons (Fsp3) is 0.833. The molecule has 0 radical (unpaired) electrons. The number of nitrogens with zero attached hydrogens (tertiary/aromatic N) is 1. The van der Waals surface area contributed by atoms with Crippen molar-refractivity contribution in [2.75, 3.05) is 7.05 Å². The van der Waals surface area contributed by atoms with Crippen LogP contribution < -0.4 is 0 Å². The van der Waals surface area contributed by atoms with Crippen LogP contribution >= 0.6 is 0 Å². The molecule has 1 aliphatic rings. The lowest BCUT2D eigenvalue weighted by molar-refractivity contribution is 0.117. The molecule has 0 heterocycles. The normalized spacial score (nSPS) is 20.2. The van der Waals surface area contributed by atoms with Gasteiger partial charge in [0.25, 0.3) is 0 Å². The highest BCUT2D eigenvalue weighted by atomic mass is 15.2. The van der Waals surface area contributed by atoms with Gasteiger partial charge in [-0.1, -0.05) is 25.2 Å². The highest BCUT2D eigenvalue weighted by molar-refractivity contribution is 5.09. The summed E-state index contributed by atoms with van der Waals surface area (Å²) in [5, 5.41) is 0. The largest absolute Gasteiger partial charge is 0.288 e. The van der Waals surface area contributed by atoms with E-state index < -0.39 is 0 Å². The first kappa shape index (κ1) is 10.6. The van der Waals surface area contributed by atoms with Crippen molar-refractivity contribution < 1.29 is 0 Å². The predicted molar refractivity (Wildman–Crippen MR) is 57.5 cm³/mol. The summed E-state index contributed by atoms with van der Waals surface area (Å²) in [5.41, 5.74) is -0.0813. The zero-order chi connectivity index (χ0) is 9.90. The van der Waals surface area contributed by atoms with Crippen molar-refractivity contribution in [1.29, 1.82) is 0 Å². The lowest BCUT2D eigenvalue weighted by Crippen LogP contribution is -2.47. The van der Waals surface area contributed by atoms with Crippen molar-refractivity contribution in [3.63, 3.8) is 0 Å². The molecule has 1 aliphatic carbocycles. The number of hydrogen-bond donors (Lipinski definition) is 0. The van der Waals surface area contributed by atoms with Crippen LogP contribution in [0.5, 0.6) is 0 Å². The molecule has 1 rings (SSSR count).